The maximum atomic E-state index is 12.9. The van der Waals surface area contributed by atoms with E-state index in [9.17, 15) is 14.4 Å². The summed E-state index contributed by atoms with van der Waals surface area (Å²) in [6.07, 6.45) is 1.68. The number of hydrogen-bond donors (Lipinski definition) is 1. The number of carbonyl (C=O) groups is 3. The third-order valence-corrected chi connectivity index (χ3v) is 7.71. The van der Waals surface area contributed by atoms with Crippen LogP contribution in [0.2, 0.25) is 10.0 Å². The van der Waals surface area contributed by atoms with Crippen molar-refractivity contribution in [1.82, 2.24) is 9.47 Å². The molecular formula is C24H18BrCl2N3O3S. The highest BCUT2D eigenvalue weighted by molar-refractivity contribution is 9.10. The van der Waals surface area contributed by atoms with Crippen LogP contribution >= 0.6 is 50.9 Å². The molecule has 1 saturated heterocycles. The minimum Gasteiger partial charge on any atom is -0.323 e. The van der Waals surface area contributed by atoms with Gasteiger partial charge in [-0.25, -0.2) is 0 Å². The summed E-state index contributed by atoms with van der Waals surface area (Å²) >= 11 is 16.5. The summed E-state index contributed by atoms with van der Waals surface area (Å²) in [6.45, 7) is 3.48. The van der Waals surface area contributed by atoms with E-state index in [0.717, 1.165) is 43.8 Å². The number of halogens is 3. The zero-order chi connectivity index (χ0) is 24.6. The molecule has 1 aromatic heterocycles. The molecule has 2 heterocycles. The van der Waals surface area contributed by atoms with Crippen LogP contribution in [0.3, 0.4) is 0 Å². The number of nitrogens with one attached hydrogen (secondary N) is 1. The summed E-state index contributed by atoms with van der Waals surface area (Å²) in [5, 5.41) is 3.08. The monoisotopic (exact) mass is 577 g/mol. The van der Waals surface area contributed by atoms with Gasteiger partial charge in [-0.15, -0.1) is 0 Å². The van der Waals surface area contributed by atoms with E-state index in [0.29, 0.717) is 15.7 Å². The number of anilines is 1. The predicted molar refractivity (Wildman–Crippen MR) is 141 cm³/mol. The second-order valence-electron chi connectivity index (χ2n) is 7.56. The second-order valence-corrected chi connectivity index (χ2v) is 10.2. The van der Waals surface area contributed by atoms with Crippen molar-refractivity contribution in [3.63, 3.8) is 0 Å². The molecule has 0 aliphatic carbocycles. The fourth-order valence-corrected chi connectivity index (χ4v) is 5.06. The Bertz CT molecular complexity index is 1370. The topological polar surface area (TPSA) is 71.4 Å². The maximum Gasteiger partial charge on any atom is 0.294 e. The van der Waals surface area contributed by atoms with Crippen LogP contribution in [0.5, 0.6) is 0 Å². The molecule has 3 aromatic rings. The Morgan fingerprint density at radius 2 is 1.82 bits per heavy atom. The van der Waals surface area contributed by atoms with Crippen LogP contribution in [0.1, 0.15) is 17.0 Å². The molecule has 10 heteroatoms. The van der Waals surface area contributed by atoms with Crippen LogP contribution < -0.4 is 5.32 Å². The Labute approximate surface area is 219 Å². The van der Waals surface area contributed by atoms with Crippen LogP contribution in [-0.4, -0.2) is 33.1 Å². The first-order valence-corrected chi connectivity index (χ1v) is 12.5. The minimum atomic E-state index is -0.513. The van der Waals surface area contributed by atoms with Crippen LogP contribution in [-0.2, 0) is 9.59 Å². The molecule has 4 rings (SSSR count). The van der Waals surface area contributed by atoms with Crippen molar-refractivity contribution >= 4 is 79.7 Å². The number of nitrogens with zero attached hydrogens (tertiary/aromatic N) is 2. The van der Waals surface area contributed by atoms with Crippen LogP contribution in [0.15, 0.2) is 57.9 Å². The summed E-state index contributed by atoms with van der Waals surface area (Å²) in [5.74, 6) is -1.03. The third-order valence-electron chi connectivity index (χ3n) is 5.24. The first kappa shape index (κ1) is 24.6. The van der Waals surface area contributed by atoms with Gasteiger partial charge in [-0.2, -0.15) is 0 Å². The standard InChI is InChI=1S/C24H18BrCl2N3O3S/c1-13-9-15(14(2)30(13)16-7-8-17(25)19(27)11-16)10-21-23(32)29(24(33)34-21)12-22(31)28-20-6-4-3-5-18(20)26/h3-11H,12H2,1-2H3,(H,28,31)/b21-10+. The zero-order valence-electron chi connectivity index (χ0n) is 18.1. The Morgan fingerprint density at radius 1 is 1.09 bits per heavy atom. The van der Waals surface area contributed by atoms with Gasteiger partial charge < -0.3 is 9.88 Å². The molecule has 1 aliphatic rings. The fourth-order valence-electron chi connectivity index (χ4n) is 3.63. The molecule has 0 bridgehead atoms. The predicted octanol–water partition coefficient (Wildman–Crippen LogP) is 6.84. The number of imide groups is 1. The summed E-state index contributed by atoms with van der Waals surface area (Å²) < 4.78 is 2.82. The van der Waals surface area contributed by atoms with E-state index in [1.807, 2.05) is 42.7 Å². The van der Waals surface area contributed by atoms with Gasteiger partial charge in [-0.1, -0.05) is 35.3 Å². The number of amides is 3. The third kappa shape index (κ3) is 4.95. The number of benzene rings is 2. The largest absolute Gasteiger partial charge is 0.323 e. The van der Waals surface area contributed by atoms with Gasteiger partial charge in [0.2, 0.25) is 5.91 Å². The Hall–Kier alpha value is -2.52. The minimum absolute atomic E-state index is 0.254. The Balaban J connectivity index is 1.55. The van der Waals surface area contributed by atoms with Gasteiger partial charge in [0.15, 0.2) is 0 Å². The summed E-state index contributed by atoms with van der Waals surface area (Å²) in [6, 6.07) is 14.3. The van der Waals surface area contributed by atoms with Crippen molar-refractivity contribution in [2.24, 2.45) is 0 Å². The van der Waals surface area contributed by atoms with E-state index >= 15 is 0 Å². The average molecular weight is 579 g/mol. The molecule has 0 spiro atoms. The van der Waals surface area contributed by atoms with Crippen molar-refractivity contribution in [1.29, 1.82) is 0 Å². The lowest BCUT2D eigenvalue weighted by atomic mass is 10.2. The SMILES string of the molecule is Cc1cc(/C=C2/SC(=O)N(CC(=O)Nc3ccccc3Cl)C2=O)c(C)n1-c1ccc(Br)c(Cl)c1. The molecule has 1 aliphatic heterocycles. The van der Waals surface area contributed by atoms with Crippen LogP contribution in [0, 0.1) is 13.8 Å². The number of aromatic nitrogens is 1. The van der Waals surface area contributed by atoms with Crippen LogP contribution in [0.4, 0.5) is 10.5 Å². The molecule has 0 unspecified atom stereocenters. The lowest BCUT2D eigenvalue weighted by molar-refractivity contribution is -0.127. The molecule has 0 saturated carbocycles. The molecule has 0 radical (unpaired) electrons. The smallest absolute Gasteiger partial charge is 0.294 e. The average Bonchev–Trinajstić information content (AvgIpc) is 3.21. The normalized spacial score (nSPS) is 14.9. The number of rotatable bonds is 5. The molecular weight excluding hydrogens is 561 g/mol. The molecule has 34 heavy (non-hydrogen) atoms. The second kappa shape index (κ2) is 10.00. The van der Waals surface area contributed by atoms with E-state index in [4.69, 9.17) is 23.2 Å². The fraction of sp³-hybridized carbons (Fsp3) is 0.125. The highest BCUT2D eigenvalue weighted by Crippen LogP contribution is 2.34. The van der Waals surface area contributed by atoms with Gasteiger partial charge in [0.05, 0.1) is 20.6 Å². The maximum absolute atomic E-state index is 12.9. The van der Waals surface area contributed by atoms with E-state index in [-0.39, 0.29) is 4.91 Å². The van der Waals surface area contributed by atoms with Crippen molar-refractivity contribution < 1.29 is 14.4 Å². The van der Waals surface area contributed by atoms with Gasteiger partial charge in [-0.05, 0) is 89.6 Å². The summed E-state index contributed by atoms with van der Waals surface area (Å²) in [4.78, 5) is 39.0. The molecule has 174 valence electrons. The van der Waals surface area contributed by atoms with Crippen LogP contribution in [0.25, 0.3) is 11.8 Å². The number of para-hydroxylation sites is 1. The van der Waals surface area contributed by atoms with Gasteiger partial charge in [0.25, 0.3) is 11.1 Å². The van der Waals surface area contributed by atoms with Gasteiger partial charge in [0, 0.05) is 21.5 Å². The lowest BCUT2D eigenvalue weighted by Gasteiger charge is -2.13. The first-order chi connectivity index (χ1) is 16.2. The molecule has 0 atom stereocenters. The highest BCUT2D eigenvalue weighted by atomic mass is 79.9. The van der Waals surface area contributed by atoms with E-state index in [2.05, 4.69) is 21.2 Å². The molecule has 1 fully saturated rings. The van der Waals surface area contributed by atoms with Crippen molar-refractivity contribution in [3.05, 3.63) is 84.9 Å². The van der Waals surface area contributed by atoms with Crippen molar-refractivity contribution in [2.45, 2.75) is 13.8 Å². The van der Waals surface area contributed by atoms with E-state index < -0.39 is 23.6 Å². The van der Waals surface area contributed by atoms with Crippen molar-refractivity contribution in [2.75, 3.05) is 11.9 Å². The number of thioether (sulfide) groups is 1. The first-order valence-electron chi connectivity index (χ1n) is 10.1. The zero-order valence-corrected chi connectivity index (χ0v) is 22.0. The molecule has 6 nitrogen and oxygen atoms in total. The van der Waals surface area contributed by atoms with Gasteiger partial charge >= 0.3 is 0 Å². The summed E-state index contributed by atoms with van der Waals surface area (Å²) in [5.41, 5.74) is 3.92. The van der Waals surface area contributed by atoms with E-state index in [1.54, 1.807) is 30.3 Å². The Morgan fingerprint density at radius 3 is 2.53 bits per heavy atom. The number of carbonyl (C=O) groups excluding carboxylic acids is 3. The molecule has 1 N–H and O–H groups in total. The van der Waals surface area contributed by atoms with Crippen molar-refractivity contribution in [3.8, 4) is 5.69 Å². The molecule has 3 amide bonds. The lowest BCUT2D eigenvalue weighted by Crippen LogP contribution is -2.36. The van der Waals surface area contributed by atoms with E-state index in [1.165, 1.54) is 0 Å². The quantitative estimate of drug-likeness (QED) is 0.336. The molecule has 2 aromatic carbocycles. The number of aryl methyl sites for hydroxylation is 1. The Kier molecular flexibility index (Phi) is 7.23. The summed E-state index contributed by atoms with van der Waals surface area (Å²) in [7, 11) is 0. The number of hydrogen-bond acceptors (Lipinski definition) is 4. The highest BCUT2D eigenvalue weighted by Gasteiger charge is 2.36. The van der Waals surface area contributed by atoms with Gasteiger partial charge in [0.1, 0.15) is 6.54 Å². The van der Waals surface area contributed by atoms with Gasteiger partial charge in [-0.3, -0.25) is 19.3 Å².